The summed E-state index contributed by atoms with van der Waals surface area (Å²) < 4.78 is 61.1. The zero-order valence-corrected chi connectivity index (χ0v) is 64.8. The average Bonchev–Trinajstić information content (AvgIpc) is 0.943. The van der Waals surface area contributed by atoms with Crippen LogP contribution >= 0.6 is 15.6 Å². The fourth-order valence-corrected chi connectivity index (χ4v) is 11.7. The van der Waals surface area contributed by atoms with Gasteiger partial charge in [0, 0.05) is 19.3 Å². The number of aliphatic hydroxyl groups excluding tert-OH is 2. The fraction of sp³-hybridized carbons (Fsp3) is 0.675. The number of aliphatic hydroxyl groups is 2. The first-order valence-electron chi connectivity index (χ1n) is 39.1. The Kier molecular flexibility index (Phi) is 71.7. The molecular formula is C83H140O16P2. The second-order valence-corrected chi connectivity index (χ2v) is 28.7. The molecule has 0 aliphatic carbocycles. The summed E-state index contributed by atoms with van der Waals surface area (Å²) in [6.07, 6.45) is 91.8. The molecule has 578 valence electrons. The molecule has 0 radical (unpaired) electrons. The van der Waals surface area contributed by atoms with Crippen LogP contribution in [-0.2, 0) is 55.8 Å². The highest BCUT2D eigenvalue weighted by atomic mass is 31.2. The Morgan fingerprint density at radius 3 is 0.871 bits per heavy atom. The number of ether oxygens (including phenoxy) is 3. The quantitative estimate of drug-likeness (QED) is 0.0146. The van der Waals surface area contributed by atoms with Crippen LogP contribution in [0.1, 0.15) is 303 Å². The van der Waals surface area contributed by atoms with Crippen LogP contribution in [0.15, 0.2) is 146 Å². The molecule has 5 unspecified atom stereocenters. The van der Waals surface area contributed by atoms with Gasteiger partial charge in [0.15, 0.2) is 6.10 Å². The van der Waals surface area contributed by atoms with Gasteiger partial charge in [-0.25, -0.2) is 9.13 Å². The zero-order valence-electron chi connectivity index (χ0n) is 63.0. The molecule has 0 aromatic carbocycles. The van der Waals surface area contributed by atoms with Crippen molar-refractivity contribution in [2.24, 2.45) is 0 Å². The molecule has 101 heavy (non-hydrogen) atoms. The van der Waals surface area contributed by atoms with Crippen molar-refractivity contribution >= 4 is 33.6 Å². The molecule has 0 aromatic rings. The normalized spacial score (nSPS) is 14.8. The van der Waals surface area contributed by atoms with Gasteiger partial charge in [-0.3, -0.25) is 32.5 Å². The van der Waals surface area contributed by atoms with Gasteiger partial charge in [-0.1, -0.05) is 289 Å². The molecule has 18 heteroatoms. The van der Waals surface area contributed by atoms with E-state index in [0.717, 1.165) is 173 Å². The summed E-state index contributed by atoms with van der Waals surface area (Å²) in [7, 11) is -9.80. The minimum Gasteiger partial charge on any atom is -0.463 e. The smallest absolute Gasteiger partial charge is 0.463 e. The number of phosphoric acid groups is 2. The largest absolute Gasteiger partial charge is 0.472 e. The van der Waals surface area contributed by atoms with Crippen LogP contribution in [-0.4, -0.2) is 95.9 Å². The topological polar surface area (TPSA) is 231 Å². The van der Waals surface area contributed by atoms with E-state index in [1.807, 2.05) is 0 Å². The summed E-state index contributed by atoms with van der Waals surface area (Å²) in [5, 5.41) is 20.6. The van der Waals surface area contributed by atoms with E-state index in [9.17, 15) is 43.5 Å². The first-order chi connectivity index (χ1) is 49.2. The third kappa shape index (κ3) is 76.4. The highest BCUT2D eigenvalue weighted by Gasteiger charge is 2.29. The van der Waals surface area contributed by atoms with E-state index < -0.39 is 91.5 Å². The maximum absolute atomic E-state index is 12.9. The molecule has 0 amide bonds. The minimum atomic E-state index is -4.94. The van der Waals surface area contributed by atoms with Crippen molar-refractivity contribution < 1.29 is 75.8 Å². The minimum absolute atomic E-state index is 0.0804. The highest BCUT2D eigenvalue weighted by molar-refractivity contribution is 7.47. The van der Waals surface area contributed by atoms with Gasteiger partial charge in [-0.15, -0.1) is 0 Å². The standard InChI is InChI=1S/C83H140O16P2/c1-4-7-10-13-16-19-22-25-27-29-31-33-35-37-38-40-42-43-45-47-49-52-54-57-60-63-66-69-81(86)93-72-78(84)73-95-100(89,90)96-74-79(85)75-97-101(91,92)98-77-80(99-83(88)71-68-65-62-59-56-51-24-21-18-15-12-9-6-3)76-94-82(87)70-67-64-61-58-55-53-50-48-46-44-41-39-36-34-32-30-28-26-23-20-17-14-11-8-5-2/h8,11-12,15-17,19-21,24-28,31-34,37-39,41,46,48,78-80,84-85H,4-7,9-10,13-14,18,22-23,29-30,35-36,40,42-45,47,49-77H2,1-3H3,(H,89,90)(H,91,92)/b11-8-,15-12-,19-16-,20-17-,24-21-,27-25-,28-26-,33-31-,34-32-,38-37-,41-39-,48-46-. The van der Waals surface area contributed by atoms with Crippen LogP contribution in [0, 0.1) is 0 Å². The number of phosphoric ester groups is 2. The molecule has 0 rings (SSSR count). The third-order valence-electron chi connectivity index (χ3n) is 16.0. The number of esters is 3. The summed E-state index contributed by atoms with van der Waals surface area (Å²) in [5.41, 5.74) is 0. The van der Waals surface area contributed by atoms with Crippen LogP contribution in [0.5, 0.6) is 0 Å². The Hall–Kier alpha value is -4.57. The lowest BCUT2D eigenvalue weighted by Gasteiger charge is -2.21. The average molecular weight is 1460 g/mol. The summed E-state index contributed by atoms with van der Waals surface area (Å²) in [4.78, 5) is 58.6. The van der Waals surface area contributed by atoms with Crippen LogP contribution in [0.4, 0.5) is 0 Å². The molecule has 4 N–H and O–H groups in total. The molecule has 0 bridgehead atoms. The lowest BCUT2D eigenvalue weighted by molar-refractivity contribution is -0.161. The van der Waals surface area contributed by atoms with Crippen LogP contribution in [0.3, 0.4) is 0 Å². The zero-order chi connectivity index (χ0) is 73.7. The van der Waals surface area contributed by atoms with Crippen molar-refractivity contribution in [2.45, 2.75) is 322 Å². The van der Waals surface area contributed by atoms with E-state index in [2.05, 4.69) is 167 Å². The first kappa shape index (κ1) is 96.4. The van der Waals surface area contributed by atoms with Crippen molar-refractivity contribution in [3.05, 3.63) is 146 Å². The SMILES string of the molecule is CC/C=C\C/C=C\C/C=C\C/C=C\C/C=C\C/C=C\CCCCCCCCC(=O)OCC(COP(=O)(O)OCC(O)COP(=O)(O)OCC(O)COC(=O)CCCCCCCCCCCCC/C=C\C/C=C\C/C=C\C/C=C\CCCCC)OC(=O)CCCCCCC/C=C\C/C=C\CCC. The molecule has 5 atom stereocenters. The Bertz CT molecular complexity index is 2420. The van der Waals surface area contributed by atoms with Gasteiger partial charge in [-0.05, 0) is 141 Å². The molecule has 0 spiro atoms. The van der Waals surface area contributed by atoms with Crippen LogP contribution in [0.25, 0.3) is 0 Å². The number of carbonyl (C=O) groups excluding carboxylic acids is 3. The Balaban J connectivity index is 4.56. The van der Waals surface area contributed by atoms with Crippen LogP contribution < -0.4 is 0 Å². The third-order valence-corrected chi connectivity index (χ3v) is 17.9. The summed E-state index contributed by atoms with van der Waals surface area (Å²) in [5.74, 6) is -1.61. The number of rotatable bonds is 73. The molecule has 16 nitrogen and oxygen atoms in total. The van der Waals surface area contributed by atoms with Crippen molar-refractivity contribution in [3.8, 4) is 0 Å². The lowest BCUT2D eigenvalue weighted by Crippen LogP contribution is -2.30. The van der Waals surface area contributed by atoms with Gasteiger partial charge in [0.25, 0.3) is 0 Å². The van der Waals surface area contributed by atoms with Crippen molar-refractivity contribution in [3.63, 3.8) is 0 Å². The Morgan fingerprint density at radius 1 is 0.287 bits per heavy atom. The van der Waals surface area contributed by atoms with Gasteiger partial charge in [0.2, 0.25) is 0 Å². The maximum Gasteiger partial charge on any atom is 0.472 e. The molecule has 0 aliphatic rings. The molecule has 0 fully saturated rings. The monoisotopic (exact) mass is 1450 g/mol. The van der Waals surface area contributed by atoms with E-state index in [4.69, 9.17) is 32.3 Å². The molecule has 0 aromatic heterocycles. The van der Waals surface area contributed by atoms with E-state index in [1.165, 1.54) is 70.6 Å². The van der Waals surface area contributed by atoms with Crippen molar-refractivity contribution in [2.75, 3.05) is 39.6 Å². The predicted molar refractivity (Wildman–Crippen MR) is 417 cm³/mol. The van der Waals surface area contributed by atoms with E-state index in [-0.39, 0.29) is 19.3 Å². The number of unbranched alkanes of at least 4 members (excludes halogenated alkanes) is 26. The predicted octanol–water partition coefficient (Wildman–Crippen LogP) is 22.9. The molecular weight excluding hydrogens is 1310 g/mol. The summed E-state index contributed by atoms with van der Waals surface area (Å²) in [6, 6.07) is 0. The Labute approximate surface area is 613 Å². The van der Waals surface area contributed by atoms with Crippen LogP contribution in [0.2, 0.25) is 0 Å². The van der Waals surface area contributed by atoms with Crippen molar-refractivity contribution in [1.82, 2.24) is 0 Å². The molecule has 0 aliphatic heterocycles. The van der Waals surface area contributed by atoms with Gasteiger partial charge in [-0.2, -0.15) is 0 Å². The fourth-order valence-electron chi connectivity index (χ4n) is 10.1. The Morgan fingerprint density at radius 2 is 0.545 bits per heavy atom. The van der Waals surface area contributed by atoms with Gasteiger partial charge >= 0.3 is 33.6 Å². The number of hydrogen-bond acceptors (Lipinski definition) is 14. The van der Waals surface area contributed by atoms with Gasteiger partial charge < -0.3 is 34.2 Å². The second-order valence-electron chi connectivity index (χ2n) is 25.8. The molecule has 0 heterocycles. The second kappa shape index (κ2) is 75.1. The summed E-state index contributed by atoms with van der Waals surface area (Å²) >= 11 is 0. The first-order valence-corrected chi connectivity index (χ1v) is 42.1. The van der Waals surface area contributed by atoms with Gasteiger partial charge in [0.1, 0.15) is 25.4 Å². The number of carbonyl (C=O) groups is 3. The van der Waals surface area contributed by atoms with E-state index in [1.54, 1.807) is 0 Å². The summed E-state index contributed by atoms with van der Waals surface area (Å²) in [6.45, 7) is 2.43. The number of hydrogen-bond donors (Lipinski definition) is 4. The van der Waals surface area contributed by atoms with E-state index >= 15 is 0 Å². The van der Waals surface area contributed by atoms with Gasteiger partial charge in [0.05, 0.1) is 26.4 Å². The molecule has 0 saturated carbocycles. The van der Waals surface area contributed by atoms with Crippen molar-refractivity contribution in [1.29, 1.82) is 0 Å². The highest BCUT2D eigenvalue weighted by Crippen LogP contribution is 2.45. The number of allylic oxidation sites excluding steroid dienone is 24. The maximum atomic E-state index is 12.9. The molecule has 0 saturated heterocycles. The van der Waals surface area contributed by atoms with E-state index in [0.29, 0.717) is 19.3 Å². The lowest BCUT2D eigenvalue weighted by atomic mass is 10.0.